The number of rotatable bonds is 34. The molecule has 1 amide bonds. The number of aliphatic hydroxyl groups is 1. The van der Waals surface area contributed by atoms with E-state index in [0.29, 0.717) is 17.4 Å². The Kier molecular flexibility index (Phi) is 31.4. The van der Waals surface area contributed by atoms with E-state index in [-0.39, 0.29) is 12.5 Å². The second-order valence-electron chi connectivity index (χ2n) is 14.2. The number of phosphoric ester groups is 1. The van der Waals surface area contributed by atoms with Crippen molar-refractivity contribution in [3.05, 3.63) is 48.6 Å². The molecule has 3 unspecified atom stereocenters. The predicted octanol–water partition coefficient (Wildman–Crippen LogP) is 9.50. The van der Waals surface area contributed by atoms with Crippen LogP contribution in [0.5, 0.6) is 0 Å². The molecule has 0 aromatic heterocycles. The minimum Gasteiger partial charge on any atom is -0.756 e. The molecule has 0 heterocycles. The Morgan fingerprint density at radius 2 is 1.20 bits per heavy atom. The highest BCUT2D eigenvalue weighted by Gasteiger charge is 2.23. The first kappa shape index (κ1) is 47.5. The van der Waals surface area contributed by atoms with Crippen LogP contribution in [0.2, 0.25) is 0 Å². The lowest BCUT2D eigenvalue weighted by Crippen LogP contribution is -2.45. The van der Waals surface area contributed by atoms with Crippen LogP contribution < -0.4 is 10.2 Å². The van der Waals surface area contributed by atoms with Gasteiger partial charge >= 0.3 is 0 Å². The van der Waals surface area contributed by atoms with E-state index in [4.69, 9.17) is 9.05 Å². The van der Waals surface area contributed by atoms with Crippen LogP contribution in [0.1, 0.15) is 149 Å². The highest BCUT2D eigenvalue weighted by molar-refractivity contribution is 7.45. The number of amides is 1. The summed E-state index contributed by atoms with van der Waals surface area (Å²) in [6.45, 7) is 4.46. The third-order valence-corrected chi connectivity index (χ3v) is 9.21. The minimum atomic E-state index is -4.59. The van der Waals surface area contributed by atoms with Crippen LogP contribution in [-0.4, -0.2) is 68.5 Å². The molecule has 0 bridgehead atoms. The molecule has 0 aromatic rings. The summed E-state index contributed by atoms with van der Waals surface area (Å²) >= 11 is 0. The lowest BCUT2D eigenvalue weighted by Gasteiger charge is -2.29. The van der Waals surface area contributed by atoms with E-state index in [1.165, 1.54) is 77.0 Å². The van der Waals surface area contributed by atoms with Gasteiger partial charge in [0.05, 0.1) is 39.9 Å². The number of nitrogens with zero attached hydrogens (tertiary/aromatic N) is 1. The van der Waals surface area contributed by atoms with Crippen LogP contribution >= 0.6 is 7.82 Å². The number of quaternary nitrogens is 1. The van der Waals surface area contributed by atoms with Gasteiger partial charge in [-0.15, -0.1) is 0 Å². The summed E-state index contributed by atoms with van der Waals surface area (Å²) in [7, 11) is 1.22. The molecule has 0 saturated carbocycles. The van der Waals surface area contributed by atoms with Gasteiger partial charge in [-0.1, -0.05) is 127 Å². The number of nitrogens with one attached hydrogen (secondary N) is 1. The molecule has 49 heavy (non-hydrogen) atoms. The summed E-state index contributed by atoms with van der Waals surface area (Å²) in [5.74, 6) is -0.222. The highest BCUT2D eigenvalue weighted by atomic mass is 31.2. The van der Waals surface area contributed by atoms with Crippen molar-refractivity contribution in [1.82, 2.24) is 5.32 Å². The molecular formula is C40H75N2O6P. The molecule has 9 heteroatoms. The summed E-state index contributed by atoms with van der Waals surface area (Å²) in [6, 6.07) is -0.909. The molecule has 0 aliphatic rings. The smallest absolute Gasteiger partial charge is 0.268 e. The van der Waals surface area contributed by atoms with E-state index in [2.05, 4.69) is 55.6 Å². The number of likely N-dealkylation sites (N-methyl/N-ethyl adjacent to an activating group) is 1. The number of phosphoric acid groups is 1. The predicted molar refractivity (Wildman–Crippen MR) is 205 cm³/mol. The number of unbranched alkanes of at least 4 members (excludes halogenated alkanes) is 15. The average Bonchev–Trinajstić information content (AvgIpc) is 3.04. The number of carbonyl (C=O) groups excluding carboxylic acids is 1. The van der Waals surface area contributed by atoms with E-state index in [1.54, 1.807) is 6.08 Å². The fourth-order valence-corrected chi connectivity index (χ4v) is 5.85. The Labute approximate surface area is 301 Å². The Morgan fingerprint density at radius 1 is 0.714 bits per heavy atom. The van der Waals surface area contributed by atoms with Crippen LogP contribution in [0, 0.1) is 0 Å². The van der Waals surface area contributed by atoms with E-state index in [0.717, 1.165) is 51.4 Å². The van der Waals surface area contributed by atoms with Crippen molar-refractivity contribution in [2.45, 2.75) is 161 Å². The molecule has 0 aromatic carbocycles. The third kappa shape index (κ3) is 34.7. The van der Waals surface area contributed by atoms with Gasteiger partial charge in [-0.2, -0.15) is 0 Å². The Hall–Kier alpha value is -1.54. The molecular weight excluding hydrogens is 635 g/mol. The van der Waals surface area contributed by atoms with Crippen molar-refractivity contribution in [3.8, 4) is 0 Å². The van der Waals surface area contributed by atoms with Gasteiger partial charge in [0, 0.05) is 6.42 Å². The Morgan fingerprint density at radius 3 is 1.76 bits per heavy atom. The molecule has 8 nitrogen and oxygen atoms in total. The molecule has 0 aliphatic carbocycles. The second-order valence-corrected chi connectivity index (χ2v) is 15.6. The van der Waals surface area contributed by atoms with Crippen molar-refractivity contribution in [2.75, 3.05) is 40.9 Å². The lowest BCUT2D eigenvalue weighted by molar-refractivity contribution is -0.870. The summed E-state index contributed by atoms with van der Waals surface area (Å²) in [5.41, 5.74) is 0. The number of hydrogen-bond acceptors (Lipinski definition) is 6. The number of carbonyl (C=O) groups is 1. The van der Waals surface area contributed by atoms with E-state index < -0.39 is 26.6 Å². The maximum absolute atomic E-state index is 12.8. The molecule has 2 N–H and O–H groups in total. The van der Waals surface area contributed by atoms with Crippen molar-refractivity contribution in [1.29, 1.82) is 0 Å². The molecule has 286 valence electrons. The standard InChI is InChI=1S/C40H75N2O6P/c1-6-8-10-12-14-16-18-19-20-21-22-23-24-26-28-30-32-34-40(44)41-38(37-48-49(45,46)47-36-35-42(3,4)5)39(43)33-31-29-27-25-17-15-13-11-9-7-2/h9,11,17,19-20,25,31,33,38-39,43H,6-8,10,12-16,18,21-24,26-30,32,34-37H2,1-5H3,(H-,41,44,45,46)/b11-9+,20-19-,25-17+,33-31+. The van der Waals surface area contributed by atoms with Crippen LogP contribution in [-0.2, 0) is 18.4 Å². The lowest BCUT2D eigenvalue weighted by atomic mass is 10.1. The first-order valence-corrected chi connectivity index (χ1v) is 21.0. The zero-order valence-electron chi connectivity index (χ0n) is 32.1. The molecule has 0 spiro atoms. The van der Waals surface area contributed by atoms with E-state index in [9.17, 15) is 19.4 Å². The highest BCUT2D eigenvalue weighted by Crippen LogP contribution is 2.38. The molecule has 0 radical (unpaired) electrons. The van der Waals surface area contributed by atoms with Gasteiger partial charge in [0.2, 0.25) is 5.91 Å². The molecule has 0 aliphatic heterocycles. The summed E-state index contributed by atoms with van der Waals surface area (Å²) in [4.78, 5) is 25.1. The largest absolute Gasteiger partial charge is 0.756 e. The zero-order chi connectivity index (χ0) is 36.5. The summed E-state index contributed by atoms with van der Waals surface area (Å²) in [6.07, 6.45) is 38.8. The van der Waals surface area contributed by atoms with Gasteiger partial charge in [-0.05, 0) is 64.2 Å². The Bertz CT molecular complexity index is 944. The van der Waals surface area contributed by atoms with Gasteiger partial charge in [0.15, 0.2) is 0 Å². The Balaban J connectivity index is 4.49. The average molecular weight is 711 g/mol. The maximum atomic E-state index is 12.8. The fourth-order valence-electron chi connectivity index (χ4n) is 5.12. The third-order valence-electron chi connectivity index (χ3n) is 8.25. The molecule has 0 fully saturated rings. The van der Waals surface area contributed by atoms with E-state index in [1.807, 2.05) is 27.2 Å². The molecule has 0 rings (SSSR count). The monoisotopic (exact) mass is 711 g/mol. The fraction of sp³-hybridized carbons (Fsp3) is 0.775. The van der Waals surface area contributed by atoms with E-state index >= 15 is 0 Å². The number of aliphatic hydroxyl groups excluding tert-OH is 1. The zero-order valence-corrected chi connectivity index (χ0v) is 33.0. The summed E-state index contributed by atoms with van der Waals surface area (Å²) in [5, 5.41) is 13.6. The SMILES string of the molecule is CC/C=C/CC/C=C/CC/C=C/C(O)C(COP(=O)([O-])OCC[N+](C)(C)C)NC(=O)CCCCCCCCC/C=C\CCCCCCCC. The van der Waals surface area contributed by atoms with Crippen LogP contribution in [0.15, 0.2) is 48.6 Å². The first-order chi connectivity index (χ1) is 23.5. The van der Waals surface area contributed by atoms with Crippen molar-refractivity contribution in [3.63, 3.8) is 0 Å². The van der Waals surface area contributed by atoms with Gasteiger partial charge in [-0.25, -0.2) is 0 Å². The van der Waals surface area contributed by atoms with Gasteiger partial charge in [-0.3, -0.25) is 9.36 Å². The molecule has 3 atom stereocenters. The number of allylic oxidation sites excluding steroid dienone is 7. The first-order valence-electron chi connectivity index (χ1n) is 19.5. The van der Waals surface area contributed by atoms with Gasteiger partial charge in [0.1, 0.15) is 13.2 Å². The molecule has 0 saturated heterocycles. The van der Waals surface area contributed by atoms with Gasteiger partial charge < -0.3 is 28.8 Å². The topological polar surface area (TPSA) is 108 Å². The van der Waals surface area contributed by atoms with Crippen LogP contribution in [0.4, 0.5) is 0 Å². The van der Waals surface area contributed by atoms with Crippen LogP contribution in [0.25, 0.3) is 0 Å². The second kappa shape index (κ2) is 32.4. The maximum Gasteiger partial charge on any atom is 0.268 e. The normalized spacial score (nSPS) is 15.2. The van der Waals surface area contributed by atoms with Crippen molar-refractivity contribution in [2.24, 2.45) is 0 Å². The summed E-state index contributed by atoms with van der Waals surface area (Å²) < 4.78 is 23.0. The quantitative estimate of drug-likeness (QED) is 0.0298. The minimum absolute atomic E-state index is 0.0114. The van der Waals surface area contributed by atoms with Crippen LogP contribution in [0.3, 0.4) is 0 Å². The van der Waals surface area contributed by atoms with Crippen molar-refractivity contribution < 1.29 is 32.9 Å². The van der Waals surface area contributed by atoms with Gasteiger partial charge in [0.25, 0.3) is 7.82 Å². The number of hydrogen-bond donors (Lipinski definition) is 2. The van der Waals surface area contributed by atoms with Crippen molar-refractivity contribution >= 4 is 13.7 Å².